The van der Waals surface area contributed by atoms with E-state index in [0.29, 0.717) is 12.1 Å². The monoisotopic (exact) mass is 285 g/mol. The van der Waals surface area contributed by atoms with Crippen molar-refractivity contribution in [3.05, 3.63) is 51.3 Å². The highest BCUT2D eigenvalue weighted by molar-refractivity contribution is 5.64. The number of benzene rings is 1. The second kappa shape index (κ2) is 6.22. The van der Waals surface area contributed by atoms with Crippen LogP contribution in [-0.4, -0.2) is 9.78 Å². The van der Waals surface area contributed by atoms with Crippen molar-refractivity contribution in [1.82, 2.24) is 9.78 Å². The Morgan fingerprint density at radius 3 is 2.62 bits per heavy atom. The Labute approximate surface area is 125 Å². The van der Waals surface area contributed by atoms with Gasteiger partial charge in [0.25, 0.3) is 5.56 Å². The van der Waals surface area contributed by atoms with Gasteiger partial charge in [-0.05, 0) is 44.9 Å². The molecule has 1 aromatic heterocycles. The summed E-state index contributed by atoms with van der Waals surface area (Å²) in [6.07, 6.45) is 0.863. The molecule has 1 atom stereocenters. The molecule has 1 aromatic carbocycles. The Morgan fingerprint density at radius 2 is 2.00 bits per heavy atom. The number of rotatable bonds is 4. The summed E-state index contributed by atoms with van der Waals surface area (Å²) in [5.41, 5.74) is 10.7. The van der Waals surface area contributed by atoms with E-state index in [1.165, 1.54) is 10.2 Å². The lowest BCUT2D eigenvalue weighted by molar-refractivity contribution is 0.558. The van der Waals surface area contributed by atoms with Crippen LogP contribution in [0.5, 0.6) is 0 Å². The van der Waals surface area contributed by atoms with Crippen molar-refractivity contribution in [3.8, 4) is 11.3 Å². The van der Waals surface area contributed by atoms with Gasteiger partial charge in [0.15, 0.2) is 0 Å². The number of hydrogen-bond donors (Lipinski definition) is 1. The van der Waals surface area contributed by atoms with Crippen LogP contribution >= 0.6 is 0 Å². The molecular weight excluding hydrogens is 262 g/mol. The first-order valence-electron chi connectivity index (χ1n) is 7.39. The highest BCUT2D eigenvalue weighted by Crippen LogP contribution is 2.23. The van der Waals surface area contributed by atoms with E-state index in [1.807, 2.05) is 19.9 Å². The Bertz CT molecular complexity index is 702. The van der Waals surface area contributed by atoms with E-state index in [4.69, 9.17) is 5.73 Å². The van der Waals surface area contributed by atoms with Gasteiger partial charge in [0.2, 0.25) is 0 Å². The summed E-state index contributed by atoms with van der Waals surface area (Å²) in [7, 11) is 0. The summed E-state index contributed by atoms with van der Waals surface area (Å²) in [5.74, 6) is 0. The van der Waals surface area contributed by atoms with Crippen LogP contribution < -0.4 is 11.3 Å². The highest BCUT2D eigenvalue weighted by Gasteiger charge is 2.13. The second-order valence-corrected chi connectivity index (χ2v) is 5.62. The summed E-state index contributed by atoms with van der Waals surface area (Å²) >= 11 is 0. The van der Waals surface area contributed by atoms with E-state index in [9.17, 15) is 4.79 Å². The summed E-state index contributed by atoms with van der Waals surface area (Å²) in [6, 6.07) is 7.79. The van der Waals surface area contributed by atoms with Crippen LogP contribution in [0.25, 0.3) is 11.3 Å². The number of nitrogens with two attached hydrogens (primary N) is 1. The third-order valence-corrected chi connectivity index (χ3v) is 3.60. The number of hydrogen-bond acceptors (Lipinski definition) is 3. The third kappa shape index (κ3) is 3.22. The maximum absolute atomic E-state index is 12.4. The zero-order valence-electron chi connectivity index (χ0n) is 13.2. The van der Waals surface area contributed by atoms with Crippen LogP contribution in [0.4, 0.5) is 0 Å². The zero-order chi connectivity index (χ0) is 15.6. The Balaban J connectivity index is 2.68. The van der Waals surface area contributed by atoms with Crippen LogP contribution in [0.2, 0.25) is 0 Å². The molecule has 0 aliphatic rings. The first kappa shape index (κ1) is 15.4. The molecule has 21 heavy (non-hydrogen) atoms. The van der Waals surface area contributed by atoms with Crippen LogP contribution in [0.1, 0.15) is 43.0 Å². The van der Waals surface area contributed by atoms with E-state index in [1.54, 1.807) is 0 Å². The van der Waals surface area contributed by atoms with E-state index in [2.05, 4.69) is 37.1 Å². The number of nitrogens with zero attached hydrogens (tertiary/aromatic N) is 2. The smallest absolute Gasteiger partial charge is 0.271 e. The summed E-state index contributed by atoms with van der Waals surface area (Å²) in [5, 5.41) is 4.53. The van der Waals surface area contributed by atoms with Crippen molar-refractivity contribution in [1.29, 1.82) is 0 Å². The molecule has 4 heteroatoms. The minimum Gasteiger partial charge on any atom is -0.324 e. The Hall–Kier alpha value is -1.94. The number of aryl methyl sites for hydroxylation is 3. The van der Waals surface area contributed by atoms with Gasteiger partial charge in [-0.3, -0.25) is 4.79 Å². The zero-order valence-corrected chi connectivity index (χ0v) is 13.2. The third-order valence-electron chi connectivity index (χ3n) is 3.60. The molecule has 0 aliphatic heterocycles. The van der Waals surface area contributed by atoms with Crippen molar-refractivity contribution in [2.45, 2.75) is 46.7 Å². The SMILES string of the molecule is CCCn1nc(-c2cc(C)ccc2C)cc(C(C)N)c1=O. The quantitative estimate of drug-likeness (QED) is 0.939. The summed E-state index contributed by atoms with van der Waals surface area (Å²) in [4.78, 5) is 12.4. The molecule has 0 saturated carbocycles. The van der Waals surface area contributed by atoms with Gasteiger partial charge in [0, 0.05) is 23.7 Å². The molecular formula is C17H23N3O. The van der Waals surface area contributed by atoms with E-state index in [0.717, 1.165) is 23.2 Å². The fourth-order valence-corrected chi connectivity index (χ4v) is 2.40. The number of aromatic nitrogens is 2. The predicted molar refractivity (Wildman–Crippen MR) is 86.3 cm³/mol. The van der Waals surface area contributed by atoms with E-state index < -0.39 is 0 Å². The molecule has 0 radical (unpaired) electrons. The Morgan fingerprint density at radius 1 is 1.29 bits per heavy atom. The summed E-state index contributed by atoms with van der Waals surface area (Å²) < 4.78 is 1.54. The van der Waals surface area contributed by atoms with Gasteiger partial charge in [-0.15, -0.1) is 0 Å². The minimum absolute atomic E-state index is 0.0825. The molecule has 0 spiro atoms. The van der Waals surface area contributed by atoms with Crippen LogP contribution in [0.15, 0.2) is 29.1 Å². The van der Waals surface area contributed by atoms with Gasteiger partial charge in [-0.25, -0.2) is 4.68 Å². The maximum atomic E-state index is 12.4. The molecule has 1 heterocycles. The fraction of sp³-hybridized carbons (Fsp3) is 0.412. The minimum atomic E-state index is -0.299. The second-order valence-electron chi connectivity index (χ2n) is 5.62. The maximum Gasteiger partial charge on any atom is 0.271 e. The fourth-order valence-electron chi connectivity index (χ4n) is 2.40. The highest BCUT2D eigenvalue weighted by atomic mass is 16.1. The van der Waals surface area contributed by atoms with Gasteiger partial charge in [-0.2, -0.15) is 5.10 Å². The van der Waals surface area contributed by atoms with Crippen LogP contribution in [0.3, 0.4) is 0 Å². The normalized spacial score (nSPS) is 12.4. The lowest BCUT2D eigenvalue weighted by Gasteiger charge is -2.13. The molecule has 1 unspecified atom stereocenters. The molecule has 0 saturated heterocycles. The molecule has 2 aromatic rings. The molecule has 0 bridgehead atoms. The predicted octanol–water partition coefficient (Wildman–Crippen LogP) is 2.96. The molecule has 0 amide bonds. The van der Waals surface area contributed by atoms with E-state index in [-0.39, 0.29) is 11.6 Å². The lowest BCUT2D eigenvalue weighted by Crippen LogP contribution is -2.29. The van der Waals surface area contributed by atoms with Crippen molar-refractivity contribution in [3.63, 3.8) is 0 Å². The topological polar surface area (TPSA) is 60.9 Å². The molecule has 4 nitrogen and oxygen atoms in total. The van der Waals surface area contributed by atoms with Crippen LogP contribution in [0, 0.1) is 13.8 Å². The van der Waals surface area contributed by atoms with Gasteiger partial charge in [0.1, 0.15) is 0 Å². The largest absolute Gasteiger partial charge is 0.324 e. The average Bonchev–Trinajstić information content (AvgIpc) is 2.43. The van der Waals surface area contributed by atoms with Gasteiger partial charge in [-0.1, -0.05) is 24.6 Å². The first-order valence-corrected chi connectivity index (χ1v) is 7.39. The van der Waals surface area contributed by atoms with E-state index >= 15 is 0 Å². The van der Waals surface area contributed by atoms with Crippen molar-refractivity contribution < 1.29 is 0 Å². The van der Waals surface area contributed by atoms with Crippen LogP contribution in [-0.2, 0) is 6.54 Å². The standard InChI is InChI=1S/C17H23N3O/c1-5-8-20-17(21)15(13(4)18)10-16(19-20)14-9-11(2)6-7-12(14)3/h6-7,9-10,13H,5,8,18H2,1-4H3. The molecule has 0 aliphatic carbocycles. The average molecular weight is 285 g/mol. The molecule has 0 fully saturated rings. The molecule has 112 valence electrons. The summed E-state index contributed by atoms with van der Waals surface area (Å²) in [6.45, 7) is 8.58. The molecule has 2 N–H and O–H groups in total. The van der Waals surface area contributed by atoms with Crippen molar-refractivity contribution in [2.75, 3.05) is 0 Å². The van der Waals surface area contributed by atoms with Crippen molar-refractivity contribution in [2.24, 2.45) is 5.73 Å². The first-order chi connectivity index (χ1) is 9.93. The Kier molecular flexibility index (Phi) is 4.58. The van der Waals surface area contributed by atoms with Gasteiger partial charge >= 0.3 is 0 Å². The van der Waals surface area contributed by atoms with Gasteiger partial charge < -0.3 is 5.73 Å². The molecule has 2 rings (SSSR count). The van der Waals surface area contributed by atoms with Crippen molar-refractivity contribution >= 4 is 0 Å². The lowest BCUT2D eigenvalue weighted by atomic mass is 10.0. The van der Waals surface area contributed by atoms with Gasteiger partial charge in [0.05, 0.1) is 5.69 Å².